The minimum absolute atomic E-state index is 0.0961. The van der Waals surface area contributed by atoms with E-state index in [0.29, 0.717) is 10.9 Å². The van der Waals surface area contributed by atoms with Crippen molar-refractivity contribution in [2.45, 2.75) is 6.10 Å². The Kier molecular flexibility index (Phi) is 4.03. The second-order valence-corrected chi connectivity index (χ2v) is 3.34. The van der Waals surface area contributed by atoms with Crippen molar-refractivity contribution in [1.29, 1.82) is 0 Å². The molecular weight excluding hydrogens is 250 g/mol. The summed E-state index contributed by atoms with van der Waals surface area (Å²) in [7, 11) is 1.53. The monoisotopic (exact) mass is 259 g/mol. The number of methoxy groups -OCH3 is 1. The molecule has 0 aliphatic rings. The Bertz CT molecular complexity index is 326. The van der Waals surface area contributed by atoms with E-state index in [-0.39, 0.29) is 11.8 Å². The van der Waals surface area contributed by atoms with Gasteiger partial charge in [-0.25, -0.2) is 0 Å². The maximum absolute atomic E-state index is 10.7. The predicted octanol–water partition coefficient (Wildman–Crippen LogP) is 2.68. The van der Waals surface area contributed by atoms with Gasteiger partial charge in [-0.1, -0.05) is 28.1 Å². The quantitative estimate of drug-likeness (QED) is 0.475. The number of nitro benzene ring substituents is 1. The van der Waals surface area contributed by atoms with E-state index in [0.717, 1.165) is 0 Å². The van der Waals surface area contributed by atoms with Gasteiger partial charge in [-0.3, -0.25) is 10.1 Å². The summed E-state index contributed by atoms with van der Waals surface area (Å²) in [6, 6.07) is 6.58. The van der Waals surface area contributed by atoms with Crippen molar-refractivity contribution in [3.8, 4) is 0 Å². The summed E-state index contributed by atoms with van der Waals surface area (Å²) >= 11 is 3.25. The van der Waals surface area contributed by atoms with E-state index in [9.17, 15) is 10.1 Å². The summed E-state index contributed by atoms with van der Waals surface area (Å²) in [4.78, 5) is 10.3. The highest BCUT2D eigenvalue weighted by molar-refractivity contribution is 9.09. The molecule has 1 atom stereocenters. The first kappa shape index (κ1) is 11.1. The van der Waals surface area contributed by atoms with E-state index >= 15 is 0 Å². The predicted molar refractivity (Wildman–Crippen MR) is 56.6 cm³/mol. The Balaban J connectivity index is 3.11. The third kappa shape index (κ3) is 2.30. The normalized spacial score (nSPS) is 12.4. The fourth-order valence-electron chi connectivity index (χ4n) is 1.20. The minimum atomic E-state index is -0.399. The highest BCUT2D eigenvalue weighted by Crippen LogP contribution is 2.27. The van der Waals surface area contributed by atoms with Crippen molar-refractivity contribution in [3.63, 3.8) is 0 Å². The van der Waals surface area contributed by atoms with Crippen molar-refractivity contribution in [2.24, 2.45) is 0 Å². The van der Waals surface area contributed by atoms with Crippen molar-refractivity contribution in [3.05, 3.63) is 39.9 Å². The van der Waals surface area contributed by atoms with Gasteiger partial charge in [-0.05, 0) is 6.07 Å². The Labute approximate surface area is 90.2 Å². The number of nitrogens with zero attached hydrogens (tertiary/aromatic N) is 1. The molecule has 0 bridgehead atoms. The summed E-state index contributed by atoms with van der Waals surface area (Å²) < 4.78 is 5.13. The van der Waals surface area contributed by atoms with Crippen molar-refractivity contribution in [2.75, 3.05) is 12.4 Å². The summed E-state index contributed by atoms with van der Waals surface area (Å²) in [5.74, 6) is 0. The Morgan fingerprint density at radius 2 is 2.21 bits per heavy atom. The molecule has 0 radical (unpaired) electrons. The van der Waals surface area contributed by atoms with E-state index < -0.39 is 4.92 Å². The van der Waals surface area contributed by atoms with Gasteiger partial charge in [0.15, 0.2) is 0 Å². The van der Waals surface area contributed by atoms with Gasteiger partial charge < -0.3 is 4.74 Å². The van der Waals surface area contributed by atoms with Gasteiger partial charge in [0.05, 0.1) is 16.6 Å². The van der Waals surface area contributed by atoms with E-state index in [4.69, 9.17) is 4.74 Å². The van der Waals surface area contributed by atoms with Gasteiger partial charge in [0.1, 0.15) is 0 Å². The fourth-order valence-corrected chi connectivity index (χ4v) is 1.81. The van der Waals surface area contributed by atoms with Crippen LogP contribution in [0.15, 0.2) is 24.3 Å². The number of hydrogen-bond acceptors (Lipinski definition) is 3. The van der Waals surface area contributed by atoms with Crippen LogP contribution >= 0.6 is 15.9 Å². The van der Waals surface area contributed by atoms with E-state index in [1.165, 1.54) is 13.2 Å². The number of rotatable bonds is 4. The number of alkyl halides is 1. The molecule has 0 fully saturated rings. The van der Waals surface area contributed by atoms with Crippen LogP contribution in [0.25, 0.3) is 0 Å². The average Bonchev–Trinajstić information content (AvgIpc) is 2.20. The third-order valence-corrected chi connectivity index (χ3v) is 2.49. The van der Waals surface area contributed by atoms with Gasteiger partial charge in [0.25, 0.3) is 5.69 Å². The molecule has 0 aliphatic carbocycles. The van der Waals surface area contributed by atoms with E-state index in [1.54, 1.807) is 18.2 Å². The van der Waals surface area contributed by atoms with Crippen LogP contribution < -0.4 is 0 Å². The van der Waals surface area contributed by atoms with E-state index in [2.05, 4.69) is 15.9 Å². The first-order valence-electron chi connectivity index (χ1n) is 4.02. The maximum Gasteiger partial charge on any atom is 0.275 e. The zero-order valence-electron chi connectivity index (χ0n) is 7.64. The molecule has 1 unspecified atom stereocenters. The molecule has 14 heavy (non-hydrogen) atoms. The lowest BCUT2D eigenvalue weighted by molar-refractivity contribution is -0.386. The molecule has 0 heterocycles. The number of hydrogen-bond donors (Lipinski definition) is 0. The lowest BCUT2D eigenvalue weighted by atomic mass is 10.1. The molecule has 0 saturated carbocycles. The summed E-state index contributed by atoms with van der Waals surface area (Å²) in [6.07, 6.45) is -0.281. The molecule has 0 spiro atoms. The zero-order chi connectivity index (χ0) is 10.6. The minimum Gasteiger partial charge on any atom is -0.376 e. The number of halogens is 1. The molecule has 4 nitrogen and oxygen atoms in total. The fraction of sp³-hybridized carbons (Fsp3) is 0.333. The molecule has 0 N–H and O–H groups in total. The van der Waals surface area contributed by atoms with Crippen LogP contribution in [0.5, 0.6) is 0 Å². The molecule has 0 aromatic heterocycles. The SMILES string of the molecule is COC(CBr)c1ccccc1[N+](=O)[O-]. The van der Waals surface area contributed by atoms with Gasteiger partial charge in [-0.15, -0.1) is 0 Å². The summed E-state index contributed by atoms with van der Waals surface area (Å²) in [5, 5.41) is 11.2. The van der Waals surface area contributed by atoms with Gasteiger partial charge >= 0.3 is 0 Å². The van der Waals surface area contributed by atoms with Crippen LogP contribution in [-0.2, 0) is 4.74 Å². The average molecular weight is 260 g/mol. The highest BCUT2D eigenvalue weighted by atomic mass is 79.9. The Hall–Kier alpha value is -0.940. The molecule has 0 aliphatic heterocycles. The molecule has 1 aromatic rings. The molecule has 0 saturated heterocycles. The van der Waals surface area contributed by atoms with Crippen LogP contribution in [0.3, 0.4) is 0 Å². The van der Waals surface area contributed by atoms with Crippen LogP contribution in [0.2, 0.25) is 0 Å². The van der Waals surface area contributed by atoms with Gasteiger partial charge in [-0.2, -0.15) is 0 Å². The zero-order valence-corrected chi connectivity index (χ0v) is 9.23. The topological polar surface area (TPSA) is 52.4 Å². The third-order valence-electron chi connectivity index (χ3n) is 1.90. The van der Waals surface area contributed by atoms with Crippen molar-refractivity contribution < 1.29 is 9.66 Å². The standard InChI is InChI=1S/C9H10BrNO3/c1-14-9(6-10)7-4-2-3-5-8(7)11(12)13/h2-5,9H,6H2,1H3. The van der Waals surface area contributed by atoms with Crippen molar-refractivity contribution in [1.82, 2.24) is 0 Å². The smallest absolute Gasteiger partial charge is 0.275 e. The Morgan fingerprint density at radius 3 is 2.71 bits per heavy atom. The molecule has 1 rings (SSSR count). The summed E-state index contributed by atoms with van der Waals surface area (Å²) in [6.45, 7) is 0. The molecule has 0 amide bonds. The number of benzene rings is 1. The second-order valence-electron chi connectivity index (χ2n) is 2.69. The lowest BCUT2D eigenvalue weighted by Crippen LogP contribution is -2.05. The van der Waals surface area contributed by atoms with Gasteiger partial charge in [0.2, 0.25) is 0 Å². The summed E-state index contributed by atoms with van der Waals surface area (Å²) in [5.41, 5.74) is 0.690. The van der Waals surface area contributed by atoms with Crippen molar-refractivity contribution >= 4 is 21.6 Å². The molecule has 76 valence electrons. The van der Waals surface area contributed by atoms with Crippen LogP contribution in [0.1, 0.15) is 11.7 Å². The maximum atomic E-state index is 10.7. The largest absolute Gasteiger partial charge is 0.376 e. The van der Waals surface area contributed by atoms with E-state index in [1.807, 2.05) is 0 Å². The number of nitro groups is 1. The van der Waals surface area contributed by atoms with Gasteiger partial charge in [0, 0.05) is 18.5 Å². The molecular formula is C9H10BrNO3. The highest BCUT2D eigenvalue weighted by Gasteiger charge is 2.19. The van der Waals surface area contributed by atoms with Crippen LogP contribution in [0, 0.1) is 10.1 Å². The second kappa shape index (κ2) is 5.07. The number of para-hydroxylation sites is 1. The first-order valence-corrected chi connectivity index (χ1v) is 5.15. The first-order chi connectivity index (χ1) is 6.70. The lowest BCUT2D eigenvalue weighted by Gasteiger charge is -2.11. The van der Waals surface area contributed by atoms with Crippen LogP contribution in [-0.4, -0.2) is 17.4 Å². The Morgan fingerprint density at radius 1 is 1.57 bits per heavy atom. The molecule has 1 aromatic carbocycles. The number of ether oxygens (including phenoxy) is 1. The molecule has 5 heteroatoms. The van der Waals surface area contributed by atoms with Crippen LogP contribution in [0.4, 0.5) is 5.69 Å².